The molecular formula is C11H15N3OS. The van der Waals surface area contributed by atoms with Crippen molar-refractivity contribution in [1.29, 1.82) is 0 Å². The third-order valence-corrected chi connectivity index (χ3v) is 2.90. The third kappa shape index (κ3) is 2.15. The first-order chi connectivity index (χ1) is 7.70. The van der Waals surface area contributed by atoms with Gasteiger partial charge in [-0.15, -0.1) is 0 Å². The maximum atomic E-state index is 5.76. The molecule has 0 amide bonds. The highest BCUT2D eigenvalue weighted by molar-refractivity contribution is 7.80. The van der Waals surface area contributed by atoms with Gasteiger partial charge in [-0.3, -0.25) is 0 Å². The van der Waals surface area contributed by atoms with Crippen molar-refractivity contribution in [3.8, 4) is 0 Å². The van der Waals surface area contributed by atoms with E-state index in [9.17, 15) is 0 Å². The average Bonchev–Trinajstić information content (AvgIpc) is 2.29. The molecule has 0 radical (unpaired) electrons. The van der Waals surface area contributed by atoms with Crippen molar-refractivity contribution < 1.29 is 4.74 Å². The normalized spacial score (nSPS) is 16.2. The highest BCUT2D eigenvalue weighted by atomic mass is 32.1. The summed E-state index contributed by atoms with van der Waals surface area (Å²) in [5, 5.41) is 0. The van der Waals surface area contributed by atoms with E-state index >= 15 is 0 Å². The van der Waals surface area contributed by atoms with Crippen LogP contribution in [0.15, 0.2) is 12.3 Å². The Hall–Kier alpha value is -1.20. The highest BCUT2D eigenvalue weighted by Gasteiger charge is 2.18. The monoisotopic (exact) mass is 237 g/mol. The van der Waals surface area contributed by atoms with Gasteiger partial charge in [-0.1, -0.05) is 12.2 Å². The first kappa shape index (κ1) is 11.3. The minimum atomic E-state index is 0.409. The number of nitrogens with zero attached hydrogens (tertiary/aromatic N) is 2. The molecular weight excluding hydrogens is 222 g/mol. The van der Waals surface area contributed by atoms with Gasteiger partial charge in [0, 0.05) is 19.3 Å². The standard InChI is InChI=1S/C11H15N3OS/c1-8-2-3-13-11(9(8)10(12)16)14-4-6-15-7-5-14/h2-3H,4-7H2,1H3,(H2,12,16). The van der Waals surface area contributed by atoms with Crippen LogP contribution < -0.4 is 10.6 Å². The molecule has 2 N–H and O–H groups in total. The Morgan fingerprint density at radius 3 is 2.81 bits per heavy atom. The van der Waals surface area contributed by atoms with Crippen molar-refractivity contribution in [1.82, 2.24) is 4.98 Å². The zero-order chi connectivity index (χ0) is 11.5. The zero-order valence-corrected chi connectivity index (χ0v) is 10.1. The summed E-state index contributed by atoms with van der Waals surface area (Å²) in [6, 6.07) is 1.93. The molecule has 0 saturated carbocycles. The lowest BCUT2D eigenvalue weighted by Gasteiger charge is -2.29. The van der Waals surface area contributed by atoms with Crippen molar-refractivity contribution in [2.75, 3.05) is 31.2 Å². The first-order valence-electron chi connectivity index (χ1n) is 5.28. The van der Waals surface area contributed by atoms with Crippen LogP contribution in [0, 0.1) is 6.92 Å². The second-order valence-electron chi connectivity index (χ2n) is 3.79. The smallest absolute Gasteiger partial charge is 0.139 e. The zero-order valence-electron chi connectivity index (χ0n) is 9.27. The molecule has 1 aliphatic heterocycles. The van der Waals surface area contributed by atoms with E-state index in [0.717, 1.165) is 43.2 Å². The maximum Gasteiger partial charge on any atom is 0.139 e. The van der Waals surface area contributed by atoms with E-state index in [1.165, 1.54) is 0 Å². The molecule has 0 unspecified atom stereocenters. The fourth-order valence-corrected chi connectivity index (χ4v) is 2.12. The Kier molecular flexibility index (Phi) is 3.36. The molecule has 0 aliphatic carbocycles. The van der Waals surface area contributed by atoms with Gasteiger partial charge in [-0.25, -0.2) is 4.98 Å². The predicted octanol–water partition coefficient (Wildman–Crippen LogP) is 0.861. The largest absolute Gasteiger partial charge is 0.389 e. The van der Waals surface area contributed by atoms with Crippen molar-refractivity contribution in [3.05, 3.63) is 23.4 Å². The topological polar surface area (TPSA) is 51.4 Å². The molecule has 4 nitrogen and oxygen atoms in total. The van der Waals surface area contributed by atoms with Crippen LogP contribution in [0.5, 0.6) is 0 Å². The lowest BCUT2D eigenvalue weighted by molar-refractivity contribution is 0.122. The van der Waals surface area contributed by atoms with Gasteiger partial charge in [0.05, 0.1) is 18.8 Å². The molecule has 0 aromatic carbocycles. The van der Waals surface area contributed by atoms with Crippen LogP contribution >= 0.6 is 12.2 Å². The summed E-state index contributed by atoms with van der Waals surface area (Å²) >= 11 is 5.09. The molecule has 1 fully saturated rings. The summed E-state index contributed by atoms with van der Waals surface area (Å²) in [4.78, 5) is 6.97. The Labute approximate surface area is 100 Å². The fourth-order valence-electron chi connectivity index (χ4n) is 1.86. The Morgan fingerprint density at radius 1 is 1.50 bits per heavy atom. The van der Waals surface area contributed by atoms with Gasteiger partial charge in [0.25, 0.3) is 0 Å². The van der Waals surface area contributed by atoms with Crippen LogP contribution in [0.25, 0.3) is 0 Å². The molecule has 2 heterocycles. The van der Waals surface area contributed by atoms with Crippen molar-refractivity contribution in [2.45, 2.75) is 6.92 Å². The van der Waals surface area contributed by atoms with Gasteiger partial charge in [0.1, 0.15) is 10.8 Å². The summed E-state index contributed by atoms with van der Waals surface area (Å²) < 4.78 is 5.32. The third-order valence-electron chi connectivity index (χ3n) is 2.70. The number of aryl methyl sites for hydroxylation is 1. The second-order valence-corrected chi connectivity index (χ2v) is 4.23. The minimum absolute atomic E-state index is 0.409. The second kappa shape index (κ2) is 4.76. The fraction of sp³-hybridized carbons (Fsp3) is 0.455. The molecule has 1 aliphatic rings. The SMILES string of the molecule is Cc1ccnc(N2CCOCC2)c1C(N)=S. The number of rotatable bonds is 2. The summed E-state index contributed by atoms with van der Waals surface area (Å²) in [5.41, 5.74) is 7.72. The molecule has 2 rings (SSSR count). The number of anilines is 1. The average molecular weight is 237 g/mol. The minimum Gasteiger partial charge on any atom is -0.389 e. The Balaban J connectivity index is 2.38. The number of pyridine rings is 1. The number of nitrogens with two attached hydrogens (primary N) is 1. The van der Waals surface area contributed by atoms with Crippen LogP contribution in [-0.4, -0.2) is 36.3 Å². The number of ether oxygens (including phenoxy) is 1. The van der Waals surface area contributed by atoms with E-state index in [-0.39, 0.29) is 0 Å². The first-order valence-corrected chi connectivity index (χ1v) is 5.69. The number of hydrogen-bond acceptors (Lipinski definition) is 4. The van der Waals surface area contributed by atoms with E-state index in [4.69, 9.17) is 22.7 Å². The van der Waals surface area contributed by atoms with E-state index in [1.54, 1.807) is 6.20 Å². The summed E-state index contributed by atoms with van der Waals surface area (Å²) in [7, 11) is 0. The van der Waals surface area contributed by atoms with Crippen LogP contribution in [0.2, 0.25) is 0 Å². The van der Waals surface area contributed by atoms with Crippen molar-refractivity contribution in [3.63, 3.8) is 0 Å². The summed E-state index contributed by atoms with van der Waals surface area (Å²) in [5.74, 6) is 0.885. The molecule has 16 heavy (non-hydrogen) atoms. The van der Waals surface area contributed by atoms with E-state index in [0.29, 0.717) is 4.99 Å². The van der Waals surface area contributed by atoms with Gasteiger partial charge < -0.3 is 15.4 Å². The Morgan fingerprint density at radius 2 is 2.19 bits per heavy atom. The molecule has 1 aromatic heterocycles. The molecule has 0 bridgehead atoms. The highest BCUT2D eigenvalue weighted by Crippen LogP contribution is 2.21. The van der Waals surface area contributed by atoms with Crippen molar-refractivity contribution >= 4 is 23.0 Å². The number of hydrogen-bond donors (Lipinski definition) is 1. The van der Waals surface area contributed by atoms with E-state index < -0.39 is 0 Å². The quantitative estimate of drug-likeness (QED) is 0.773. The lowest BCUT2D eigenvalue weighted by Crippen LogP contribution is -2.38. The van der Waals surface area contributed by atoms with E-state index in [2.05, 4.69) is 9.88 Å². The summed E-state index contributed by atoms with van der Waals surface area (Å²) in [6.07, 6.45) is 1.79. The van der Waals surface area contributed by atoms with Crippen molar-refractivity contribution in [2.24, 2.45) is 5.73 Å². The predicted molar refractivity (Wildman–Crippen MR) is 67.9 cm³/mol. The molecule has 0 atom stereocenters. The number of thiocarbonyl (C=S) groups is 1. The van der Waals surface area contributed by atoms with Gasteiger partial charge in [0.15, 0.2) is 0 Å². The molecule has 1 aromatic rings. The van der Waals surface area contributed by atoms with Gasteiger partial charge >= 0.3 is 0 Å². The lowest BCUT2D eigenvalue weighted by atomic mass is 10.1. The number of morpholine rings is 1. The van der Waals surface area contributed by atoms with Crippen LogP contribution in [0.1, 0.15) is 11.1 Å². The van der Waals surface area contributed by atoms with Gasteiger partial charge in [0.2, 0.25) is 0 Å². The Bertz CT molecular complexity index is 402. The van der Waals surface area contributed by atoms with Crippen LogP contribution in [0.3, 0.4) is 0 Å². The molecule has 0 spiro atoms. The van der Waals surface area contributed by atoms with Crippen LogP contribution in [0.4, 0.5) is 5.82 Å². The van der Waals surface area contributed by atoms with Gasteiger partial charge in [-0.2, -0.15) is 0 Å². The number of aromatic nitrogens is 1. The van der Waals surface area contributed by atoms with Gasteiger partial charge in [-0.05, 0) is 18.6 Å². The van der Waals surface area contributed by atoms with E-state index in [1.807, 2.05) is 13.0 Å². The summed E-state index contributed by atoms with van der Waals surface area (Å²) in [6.45, 7) is 5.14. The molecule has 5 heteroatoms. The molecule has 1 saturated heterocycles. The van der Waals surface area contributed by atoms with Crippen LogP contribution in [-0.2, 0) is 4.74 Å². The maximum absolute atomic E-state index is 5.76. The molecule has 86 valence electrons.